The van der Waals surface area contributed by atoms with Crippen LogP contribution in [-0.2, 0) is 14.3 Å². The molecular weight excluding hydrogens is 376 g/mol. The number of carbonyl (C=O) groups excluding carboxylic acids is 2. The van der Waals surface area contributed by atoms with Gasteiger partial charge < -0.3 is 14.6 Å². The fourth-order valence-electron chi connectivity index (χ4n) is 8.31. The molecule has 4 fully saturated rings. The van der Waals surface area contributed by atoms with Gasteiger partial charge in [0, 0.05) is 19.6 Å². The van der Waals surface area contributed by atoms with Crippen molar-refractivity contribution in [1.82, 2.24) is 0 Å². The zero-order chi connectivity index (χ0) is 21.4. The van der Waals surface area contributed by atoms with E-state index in [1.165, 1.54) is 32.1 Å². The second kappa shape index (κ2) is 9.02. The number of fused-ring (bicyclic) bond motifs is 5. The Balaban J connectivity index is 1.41. The Morgan fingerprint density at radius 2 is 1.77 bits per heavy atom. The second-order valence-electron chi connectivity index (χ2n) is 11.4. The molecule has 170 valence electrons. The molecule has 30 heavy (non-hydrogen) atoms. The predicted octanol–water partition coefficient (Wildman–Crippen LogP) is 4.96. The average molecular weight is 419 g/mol. The van der Waals surface area contributed by atoms with Crippen LogP contribution in [0.1, 0.15) is 90.9 Å². The highest BCUT2D eigenvalue weighted by molar-refractivity contribution is 5.94. The van der Waals surface area contributed by atoms with Crippen LogP contribution in [0, 0.1) is 40.4 Å². The first-order valence-electron chi connectivity index (χ1n) is 12.6. The van der Waals surface area contributed by atoms with Crippen molar-refractivity contribution >= 4 is 12.1 Å². The van der Waals surface area contributed by atoms with Crippen LogP contribution in [0.3, 0.4) is 0 Å². The van der Waals surface area contributed by atoms with Gasteiger partial charge in [0.15, 0.2) is 0 Å². The lowest BCUT2D eigenvalue weighted by Crippen LogP contribution is -2.55. The molecule has 0 saturated heterocycles. The van der Waals surface area contributed by atoms with Gasteiger partial charge in [0.2, 0.25) is 0 Å². The molecule has 0 aromatic carbocycles. The number of ketones is 1. The van der Waals surface area contributed by atoms with Gasteiger partial charge in [0.25, 0.3) is 0 Å². The van der Waals surface area contributed by atoms with Crippen molar-refractivity contribution in [1.29, 1.82) is 0 Å². The molecule has 4 saturated carbocycles. The van der Waals surface area contributed by atoms with Crippen molar-refractivity contribution in [2.24, 2.45) is 40.4 Å². The van der Waals surface area contributed by atoms with Gasteiger partial charge in [-0.1, -0.05) is 26.7 Å². The molecule has 0 amide bonds. The molecule has 8 unspecified atom stereocenters. The first-order chi connectivity index (χ1) is 14.4. The van der Waals surface area contributed by atoms with Gasteiger partial charge in [-0.05, 0) is 92.3 Å². The number of ether oxygens (including phenoxy) is 1. The molecule has 0 radical (unpaired) electrons. The fraction of sp³-hybridized carbons (Fsp3) is 0.923. The van der Waals surface area contributed by atoms with Gasteiger partial charge in [0.1, 0.15) is 12.1 Å². The highest BCUT2D eigenvalue weighted by atomic mass is 16.5. The number of Topliss-reactive ketones (excluding diaryl/α,β-unsaturated/α-hetero) is 1. The molecule has 0 aliphatic heterocycles. The summed E-state index contributed by atoms with van der Waals surface area (Å²) in [7, 11) is 0. The van der Waals surface area contributed by atoms with Gasteiger partial charge in [-0.15, -0.1) is 0 Å². The second-order valence-corrected chi connectivity index (χ2v) is 11.4. The van der Waals surface area contributed by atoms with E-state index in [9.17, 15) is 9.59 Å². The van der Waals surface area contributed by atoms with Crippen molar-refractivity contribution in [3.8, 4) is 0 Å². The van der Waals surface area contributed by atoms with Crippen LogP contribution in [-0.4, -0.2) is 36.5 Å². The van der Waals surface area contributed by atoms with Crippen molar-refractivity contribution in [2.45, 2.75) is 97.0 Å². The summed E-state index contributed by atoms with van der Waals surface area (Å²) < 4.78 is 6.46. The van der Waals surface area contributed by atoms with Crippen LogP contribution in [0.25, 0.3) is 0 Å². The highest BCUT2D eigenvalue weighted by Crippen LogP contribution is 2.66. The number of hydrogen-bond donors (Lipinski definition) is 1. The Labute approximate surface area is 182 Å². The summed E-state index contributed by atoms with van der Waals surface area (Å²) in [5, 5.41) is 8.92. The Morgan fingerprint density at radius 1 is 1.00 bits per heavy atom. The molecule has 4 heteroatoms. The SMILES string of the molecule is CC12CC(C=O)C(=O)CC1CCC1C2CCC2(C)C(OCCCCCCO)CCC12. The number of aliphatic hydroxyl groups excluding tert-OH is 1. The van der Waals surface area contributed by atoms with E-state index in [0.717, 1.165) is 63.3 Å². The van der Waals surface area contributed by atoms with E-state index in [2.05, 4.69) is 13.8 Å². The number of aliphatic hydroxyl groups is 1. The van der Waals surface area contributed by atoms with E-state index in [-0.39, 0.29) is 17.1 Å². The maximum atomic E-state index is 12.4. The monoisotopic (exact) mass is 418 g/mol. The minimum atomic E-state index is -0.358. The molecule has 4 aliphatic carbocycles. The maximum absolute atomic E-state index is 12.4. The molecule has 8 atom stereocenters. The molecule has 0 aromatic heterocycles. The van der Waals surface area contributed by atoms with Gasteiger partial charge in [-0.2, -0.15) is 0 Å². The van der Waals surface area contributed by atoms with E-state index in [1.54, 1.807) is 0 Å². The van der Waals surface area contributed by atoms with Crippen LogP contribution in [0.15, 0.2) is 0 Å². The van der Waals surface area contributed by atoms with Crippen molar-refractivity contribution in [3.05, 3.63) is 0 Å². The third kappa shape index (κ3) is 3.81. The highest BCUT2D eigenvalue weighted by Gasteiger charge is 2.61. The zero-order valence-electron chi connectivity index (χ0n) is 19.1. The third-order valence-electron chi connectivity index (χ3n) is 10.0. The smallest absolute Gasteiger partial charge is 0.143 e. The molecule has 0 aromatic rings. The fourth-order valence-corrected chi connectivity index (χ4v) is 8.31. The predicted molar refractivity (Wildman–Crippen MR) is 117 cm³/mol. The van der Waals surface area contributed by atoms with Crippen molar-refractivity contribution in [3.63, 3.8) is 0 Å². The minimum Gasteiger partial charge on any atom is -0.396 e. The van der Waals surface area contributed by atoms with Gasteiger partial charge in [0.05, 0.1) is 12.0 Å². The van der Waals surface area contributed by atoms with Crippen LogP contribution < -0.4 is 0 Å². The zero-order valence-corrected chi connectivity index (χ0v) is 19.1. The summed E-state index contributed by atoms with van der Waals surface area (Å²) in [6.07, 6.45) is 14.4. The summed E-state index contributed by atoms with van der Waals surface area (Å²) in [5.74, 6) is 2.47. The Morgan fingerprint density at radius 3 is 2.53 bits per heavy atom. The van der Waals surface area contributed by atoms with E-state index < -0.39 is 0 Å². The normalized spacial score (nSPS) is 45.5. The lowest BCUT2D eigenvalue weighted by molar-refractivity contribution is -0.154. The number of hydrogen-bond acceptors (Lipinski definition) is 4. The van der Waals surface area contributed by atoms with E-state index in [0.29, 0.717) is 36.4 Å². The first kappa shape index (κ1) is 22.5. The topological polar surface area (TPSA) is 63.6 Å². The third-order valence-corrected chi connectivity index (χ3v) is 10.0. The average Bonchev–Trinajstić information content (AvgIpc) is 3.07. The van der Waals surface area contributed by atoms with Gasteiger partial charge in [-0.25, -0.2) is 0 Å². The first-order valence-corrected chi connectivity index (χ1v) is 12.6. The van der Waals surface area contributed by atoms with Crippen molar-refractivity contribution < 1.29 is 19.4 Å². The largest absolute Gasteiger partial charge is 0.396 e. The number of carbonyl (C=O) groups is 2. The summed E-state index contributed by atoms with van der Waals surface area (Å²) in [6, 6.07) is 0. The molecule has 0 heterocycles. The standard InChI is InChI=1S/C26H42O4/c1-25-12-11-22-20(8-7-19-15-23(29)18(17-28)16-26(19,22)2)21(25)9-10-24(25)30-14-6-4-3-5-13-27/h17-22,24,27H,3-16H2,1-2H3. The van der Waals surface area contributed by atoms with E-state index >= 15 is 0 Å². The van der Waals surface area contributed by atoms with Crippen LogP contribution in [0.5, 0.6) is 0 Å². The molecule has 1 N–H and O–H groups in total. The van der Waals surface area contributed by atoms with Crippen LogP contribution in [0.4, 0.5) is 0 Å². The Bertz CT molecular complexity index is 633. The number of aldehydes is 1. The van der Waals surface area contributed by atoms with Crippen LogP contribution in [0.2, 0.25) is 0 Å². The number of unbranched alkanes of at least 4 members (excludes halogenated alkanes) is 3. The minimum absolute atomic E-state index is 0.162. The molecular formula is C26H42O4. The quantitative estimate of drug-likeness (QED) is 0.344. The molecule has 0 bridgehead atoms. The molecule has 4 rings (SSSR count). The lowest BCUT2D eigenvalue weighted by atomic mass is 9.44. The number of rotatable bonds is 8. The van der Waals surface area contributed by atoms with Crippen LogP contribution >= 0.6 is 0 Å². The van der Waals surface area contributed by atoms with Gasteiger partial charge in [-0.3, -0.25) is 4.79 Å². The Kier molecular flexibility index (Phi) is 6.75. The summed E-state index contributed by atoms with van der Waals surface area (Å²) in [6.45, 7) is 6.06. The lowest BCUT2D eigenvalue weighted by Gasteiger charge is -2.60. The maximum Gasteiger partial charge on any atom is 0.143 e. The summed E-state index contributed by atoms with van der Waals surface area (Å²) >= 11 is 0. The van der Waals surface area contributed by atoms with E-state index in [1.807, 2.05) is 0 Å². The van der Waals surface area contributed by atoms with E-state index in [4.69, 9.17) is 9.84 Å². The summed E-state index contributed by atoms with van der Waals surface area (Å²) in [5.41, 5.74) is 0.458. The summed E-state index contributed by atoms with van der Waals surface area (Å²) in [4.78, 5) is 23.9. The Hall–Kier alpha value is -0.740. The van der Waals surface area contributed by atoms with Gasteiger partial charge >= 0.3 is 0 Å². The molecule has 4 aliphatic rings. The molecule has 0 spiro atoms. The molecule has 4 nitrogen and oxygen atoms in total. The van der Waals surface area contributed by atoms with Crippen molar-refractivity contribution in [2.75, 3.05) is 13.2 Å².